The van der Waals surface area contributed by atoms with Crippen LogP contribution in [0.5, 0.6) is 0 Å². The number of furan rings is 1. The van der Waals surface area contributed by atoms with Gasteiger partial charge in [-0.1, -0.05) is 0 Å². The second kappa shape index (κ2) is 8.61. The lowest BCUT2D eigenvalue weighted by Gasteiger charge is -2.09. The zero-order chi connectivity index (χ0) is 23.7. The van der Waals surface area contributed by atoms with E-state index in [4.69, 9.17) is 18.3 Å². The zero-order valence-electron chi connectivity index (χ0n) is 18.0. The van der Waals surface area contributed by atoms with Crippen LogP contribution in [-0.4, -0.2) is 28.2 Å². The average molecular weight is 453 g/mol. The minimum Gasteiger partial charge on any atom is -0.457 e. The van der Waals surface area contributed by atoms with Gasteiger partial charge in [0.2, 0.25) is 5.71 Å². The molecule has 1 aromatic carbocycles. The van der Waals surface area contributed by atoms with E-state index in [0.29, 0.717) is 16.6 Å². The van der Waals surface area contributed by atoms with Crippen molar-refractivity contribution in [3.8, 4) is 0 Å². The molecule has 0 radical (unpaired) electrons. The molecule has 33 heavy (non-hydrogen) atoms. The number of esters is 1. The molecule has 0 aliphatic heterocycles. The fourth-order valence-electron chi connectivity index (χ4n) is 3.36. The number of aryl methyl sites for hydroxylation is 2. The lowest BCUT2D eigenvalue weighted by molar-refractivity contribution is 0.0473. The normalized spacial score (nSPS) is 11.0. The molecule has 11 heteroatoms. The van der Waals surface area contributed by atoms with Crippen molar-refractivity contribution in [1.29, 1.82) is 0 Å². The largest absolute Gasteiger partial charge is 0.457 e. The predicted octanol–water partition coefficient (Wildman–Crippen LogP) is 2.87. The minimum atomic E-state index is -0.793. The van der Waals surface area contributed by atoms with Crippen LogP contribution in [0.4, 0.5) is 10.5 Å². The molecular weight excluding hydrogens is 434 g/mol. The Labute approximate surface area is 185 Å². The van der Waals surface area contributed by atoms with E-state index in [-0.39, 0.29) is 41.2 Å². The summed E-state index contributed by atoms with van der Waals surface area (Å²) in [4.78, 5) is 53.0. The number of carbonyl (C=O) groups is 2. The van der Waals surface area contributed by atoms with Crippen molar-refractivity contribution < 1.29 is 27.9 Å². The second-order valence-electron chi connectivity index (χ2n) is 7.10. The van der Waals surface area contributed by atoms with Crippen LogP contribution in [0.3, 0.4) is 0 Å². The second-order valence-corrected chi connectivity index (χ2v) is 7.10. The minimum absolute atomic E-state index is 0.0214. The summed E-state index contributed by atoms with van der Waals surface area (Å²) in [6.07, 6.45) is 0.649. The molecule has 0 spiro atoms. The van der Waals surface area contributed by atoms with Crippen molar-refractivity contribution >= 4 is 39.8 Å². The van der Waals surface area contributed by atoms with Crippen LogP contribution in [0.25, 0.3) is 22.1 Å². The monoisotopic (exact) mass is 453 g/mol. The molecule has 1 N–H and O–H groups in total. The molecule has 0 saturated carbocycles. The number of anilines is 1. The summed E-state index contributed by atoms with van der Waals surface area (Å²) in [7, 11) is 1.51. The van der Waals surface area contributed by atoms with Gasteiger partial charge in [-0.15, -0.1) is 0 Å². The number of rotatable bonds is 5. The van der Waals surface area contributed by atoms with E-state index < -0.39 is 23.2 Å². The summed E-state index contributed by atoms with van der Waals surface area (Å²) in [6, 6.07) is 5.87. The van der Waals surface area contributed by atoms with Gasteiger partial charge in [-0.25, -0.2) is 19.4 Å². The number of amides is 1. The summed E-state index contributed by atoms with van der Waals surface area (Å²) >= 11 is 0. The fraction of sp³-hybridized carbons (Fsp3) is 0.227. The van der Waals surface area contributed by atoms with Gasteiger partial charge in [-0.3, -0.25) is 10.1 Å². The van der Waals surface area contributed by atoms with Crippen LogP contribution < -0.4 is 16.5 Å². The van der Waals surface area contributed by atoms with Crippen LogP contribution >= 0.6 is 0 Å². The van der Waals surface area contributed by atoms with Crippen LogP contribution in [0, 0.1) is 6.92 Å². The SMILES string of the molecule is CCOC(=O)Nc1ccc2c(COC(=O)c3c(C)oc4ncn(C)c(=O)c34)cc(=O)oc2c1. The van der Waals surface area contributed by atoms with Gasteiger partial charge < -0.3 is 22.9 Å². The zero-order valence-corrected chi connectivity index (χ0v) is 18.0. The number of aromatic nitrogens is 2. The maximum atomic E-state index is 12.8. The smallest absolute Gasteiger partial charge is 0.411 e. The van der Waals surface area contributed by atoms with Gasteiger partial charge in [0.05, 0.1) is 6.61 Å². The molecule has 4 aromatic rings. The number of fused-ring (bicyclic) bond motifs is 2. The molecule has 3 heterocycles. The van der Waals surface area contributed by atoms with Crippen LogP contribution in [0.1, 0.15) is 28.6 Å². The first kappa shape index (κ1) is 21.8. The number of hydrogen-bond donors (Lipinski definition) is 1. The van der Waals surface area contributed by atoms with Crippen LogP contribution in [0.15, 0.2) is 49.0 Å². The number of nitrogens with zero attached hydrogens (tertiary/aromatic N) is 2. The van der Waals surface area contributed by atoms with E-state index in [1.807, 2.05) is 0 Å². The maximum Gasteiger partial charge on any atom is 0.411 e. The van der Waals surface area contributed by atoms with Gasteiger partial charge in [0.1, 0.15) is 35.2 Å². The van der Waals surface area contributed by atoms with Crippen molar-refractivity contribution in [3.05, 3.63) is 68.3 Å². The van der Waals surface area contributed by atoms with Crippen molar-refractivity contribution in [2.24, 2.45) is 7.05 Å². The molecule has 1 amide bonds. The van der Waals surface area contributed by atoms with Gasteiger partial charge in [0.25, 0.3) is 5.56 Å². The van der Waals surface area contributed by atoms with Gasteiger partial charge >= 0.3 is 17.7 Å². The van der Waals surface area contributed by atoms with Crippen molar-refractivity contribution in [3.63, 3.8) is 0 Å². The number of ether oxygens (including phenoxy) is 2. The standard InChI is InChI=1S/C22H19N3O8/c1-4-30-22(29)24-13-5-6-14-12(7-16(26)33-15(14)8-13)9-31-21(28)17-11(2)32-19-18(17)20(27)25(3)10-23-19/h5-8,10H,4,9H2,1-3H3,(H,24,29). The van der Waals surface area contributed by atoms with Gasteiger partial charge in [0, 0.05) is 35.8 Å². The quantitative estimate of drug-likeness (QED) is 0.356. The summed E-state index contributed by atoms with van der Waals surface area (Å²) in [6.45, 7) is 3.15. The Balaban J connectivity index is 1.63. The molecular formula is C22H19N3O8. The van der Waals surface area contributed by atoms with Crippen LogP contribution in [-0.2, 0) is 23.1 Å². The average Bonchev–Trinajstić information content (AvgIpc) is 3.11. The van der Waals surface area contributed by atoms with E-state index in [9.17, 15) is 19.2 Å². The molecule has 0 unspecified atom stereocenters. The fourth-order valence-corrected chi connectivity index (χ4v) is 3.36. The third kappa shape index (κ3) is 4.20. The van der Waals surface area contributed by atoms with Gasteiger partial charge in [-0.05, 0) is 26.0 Å². The molecule has 11 nitrogen and oxygen atoms in total. The topological polar surface area (TPSA) is 143 Å². The lowest BCUT2D eigenvalue weighted by atomic mass is 10.1. The molecule has 0 saturated heterocycles. The summed E-state index contributed by atoms with van der Waals surface area (Å²) < 4.78 is 22.1. The first-order valence-corrected chi connectivity index (χ1v) is 9.91. The Morgan fingerprint density at radius 1 is 1.15 bits per heavy atom. The van der Waals surface area contributed by atoms with E-state index >= 15 is 0 Å². The van der Waals surface area contributed by atoms with Crippen molar-refractivity contribution in [2.75, 3.05) is 11.9 Å². The summed E-state index contributed by atoms with van der Waals surface area (Å²) in [5.41, 5.74) is -0.162. The molecule has 0 bridgehead atoms. The predicted molar refractivity (Wildman–Crippen MR) is 116 cm³/mol. The highest BCUT2D eigenvalue weighted by molar-refractivity contribution is 6.03. The molecule has 170 valence electrons. The number of nitrogens with one attached hydrogen (secondary N) is 1. The van der Waals surface area contributed by atoms with Crippen molar-refractivity contribution in [1.82, 2.24) is 9.55 Å². The number of hydrogen-bond acceptors (Lipinski definition) is 9. The highest BCUT2D eigenvalue weighted by atomic mass is 16.5. The van der Waals surface area contributed by atoms with E-state index in [1.54, 1.807) is 19.1 Å². The molecule has 3 aromatic heterocycles. The highest BCUT2D eigenvalue weighted by Gasteiger charge is 2.24. The van der Waals surface area contributed by atoms with E-state index in [2.05, 4.69) is 10.3 Å². The Morgan fingerprint density at radius 3 is 2.70 bits per heavy atom. The van der Waals surface area contributed by atoms with Gasteiger partial charge in [0.15, 0.2) is 0 Å². The maximum absolute atomic E-state index is 12.8. The van der Waals surface area contributed by atoms with Crippen molar-refractivity contribution in [2.45, 2.75) is 20.5 Å². The summed E-state index contributed by atoms with van der Waals surface area (Å²) in [5.74, 6) is -0.601. The Bertz CT molecular complexity index is 1510. The van der Waals surface area contributed by atoms with E-state index in [0.717, 1.165) is 0 Å². The molecule has 0 aliphatic rings. The molecule has 0 atom stereocenters. The van der Waals surface area contributed by atoms with E-state index in [1.165, 1.54) is 37.0 Å². The Hall–Kier alpha value is -4.41. The van der Waals surface area contributed by atoms with Gasteiger partial charge in [-0.2, -0.15) is 0 Å². The molecule has 4 rings (SSSR count). The number of carbonyl (C=O) groups excluding carboxylic acids is 2. The Morgan fingerprint density at radius 2 is 1.94 bits per heavy atom. The Kier molecular flexibility index (Phi) is 5.69. The molecule has 0 fully saturated rings. The van der Waals surface area contributed by atoms with Crippen LogP contribution in [0.2, 0.25) is 0 Å². The first-order valence-electron chi connectivity index (χ1n) is 9.91. The molecule has 0 aliphatic carbocycles. The number of benzene rings is 1. The third-order valence-corrected chi connectivity index (χ3v) is 4.86. The lowest BCUT2D eigenvalue weighted by Crippen LogP contribution is -2.19. The third-order valence-electron chi connectivity index (χ3n) is 4.86. The first-order chi connectivity index (χ1) is 15.8. The summed E-state index contributed by atoms with van der Waals surface area (Å²) in [5, 5.41) is 3.04. The highest BCUT2D eigenvalue weighted by Crippen LogP contribution is 2.25.